The van der Waals surface area contributed by atoms with Crippen molar-refractivity contribution in [2.24, 2.45) is 17.1 Å². The SMILES string of the molecule is CC1CC(C)(C)CC(N)(Cc2cccc(C(F)(F)F)c2)C1. The molecule has 4 heteroatoms. The number of hydrogen-bond acceptors (Lipinski definition) is 1. The van der Waals surface area contributed by atoms with E-state index in [1.165, 1.54) is 12.1 Å². The summed E-state index contributed by atoms with van der Waals surface area (Å²) in [5.41, 5.74) is 6.36. The Balaban J connectivity index is 2.21. The Morgan fingerprint density at radius 3 is 2.48 bits per heavy atom. The van der Waals surface area contributed by atoms with Gasteiger partial charge in [0.1, 0.15) is 0 Å². The monoisotopic (exact) mass is 299 g/mol. The van der Waals surface area contributed by atoms with E-state index in [1.807, 2.05) is 0 Å². The minimum absolute atomic E-state index is 0.147. The van der Waals surface area contributed by atoms with Crippen LogP contribution in [0.5, 0.6) is 0 Å². The molecule has 0 aromatic heterocycles. The van der Waals surface area contributed by atoms with Crippen LogP contribution in [-0.4, -0.2) is 5.54 Å². The molecule has 1 saturated carbocycles. The lowest BCUT2D eigenvalue weighted by molar-refractivity contribution is -0.137. The van der Waals surface area contributed by atoms with Gasteiger partial charge in [-0.25, -0.2) is 0 Å². The maximum Gasteiger partial charge on any atom is 0.416 e. The van der Waals surface area contributed by atoms with Gasteiger partial charge < -0.3 is 5.73 Å². The van der Waals surface area contributed by atoms with Gasteiger partial charge in [0.25, 0.3) is 0 Å². The molecule has 0 radical (unpaired) electrons. The van der Waals surface area contributed by atoms with Gasteiger partial charge in [-0.2, -0.15) is 13.2 Å². The number of rotatable bonds is 2. The predicted octanol–water partition coefficient (Wildman–Crippen LogP) is 4.79. The smallest absolute Gasteiger partial charge is 0.325 e. The van der Waals surface area contributed by atoms with E-state index >= 15 is 0 Å². The molecule has 0 saturated heterocycles. The van der Waals surface area contributed by atoms with Gasteiger partial charge in [0.15, 0.2) is 0 Å². The molecular weight excluding hydrogens is 275 g/mol. The number of benzene rings is 1. The fraction of sp³-hybridized carbons (Fsp3) is 0.647. The van der Waals surface area contributed by atoms with E-state index in [0.29, 0.717) is 17.9 Å². The molecular formula is C17H24F3N. The molecule has 0 heterocycles. The van der Waals surface area contributed by atoms with Gasteiger partial charge >= 0.3 is 6.18 Å². The summed E-state index contributed by atoms with van der Waals surface area (Å²) in [5.74, 6) is 0.504. The third-order valence-electron chi connectivity index (χ3n) is 4.30. The van der Waals surface area contributed by atoms with Crippen molar-refractivity contribution in [1.29, 1.82) is 0 Å². The molecule has 1 fully saturated rings. The van der Waals surface area contributed by atoms with Crippen molar-refractivity contribution in [2.45, 2.75) is 58.2 Å². The lowest BCUT2D eigenvalue weighted by Gasteiger charge is -2.46. The molecule has 0 bridgehead atoms. The quantitative estimate of drug-likeness (QED) is 0.834. The average molecular weight is 299 g/mol. The van der Waals surface area contributed by atoms with Crippen LogP contribution in [0.3, 0.4) is 0 Å². The van der Waals surface area contributed by atoms with Crippen molar-refractivity contribution in [3.63, 3.8) is 0 Å². The molecule has 1 aliphatic carbocycles. The van der Waals surface area contributed by atoms with E-state index in [2.05, 4.69) is 20.8 Å². The first-order valence-electron chi connectivity index (χ1n) is 7.44. The van der Waals surface area contributed by atoms with Crippen LogP contribution in [0.2, 0.25) is 0 Å². The third kappa shape index (κ3) is 4.22. The van der Waals surface area contributed by atoms with Crippen LogP contribution < -0.4 is 5.73 Å². The molecule has 0 spiro atoms. The van der Waals surface area contributed by atoms with Gasteiger partial charge in [-0.05, 0) is 48.6 Å². The average Bonchev–Trinajstić information content (AvgIpc) is 2.23. The van der Waals surface area contributed by atoms with Crippen LogP contribution in [0.1, 0.15) is 51.2 Å². The van der Waals surface area contributed by atoms with E-state index < -0.39 is 17.3 Å². The van der Waals surface area contributed by atoms with Crippen LogP contribution in [-0.2, 0) is 12.6 Å². The Hall–Kier alpha value is -1.03. The van der Waals surface area contributed by atoms with Crippen LogP contribution in [0.4, 0.5) is 13.2 Å². The van der Waals surface area contributed by atoms with Crippen molar-refractivity contribution in [3.05, 3.63) is 35.4 Å². The Bertz CT molecular complexity index is 507. The van der Waals surface area contributed by atoms with Gasteiger partial charge in [0.2, 0.25) is 0 Å². The van der Waals surface area contributed by atoms with Crippen LogP contribution in [0.15, 0.2) is 24.3 Å². The third-order valence-corrected chi connectivity index (χ3v) is 4.30. The number of nitrogens with two attached hydrogens (primary N) is 1. The molecule has 0 aliphatic heterocycles. The molecule has 2 rings (SSSR count). The highest BCUT2D eigenvalue weighted by atomic mass is 19.4. The summed E-state index contributed by atoms with van der Waals surface area (Å²) in [4.78, 5) is 0. The molecule has 2 atom stereocenters. The molecule has 2 unspecified atom stereocenters. The standard InChI is InChI=1S/C17H24F3N/c1-12-8-15(2,3)11-16(21,9-12)10-13-5-4-6-14(7-13)17(18,19)20/h4-7,12H,8-11,21H2,1-3H3. The first-order chi connectivity index (χ1) is 9.49. The second kappa shape index (κ2) is 5.31. The van der Waals surface area contributed by atoms with E-state index in [-0.39, 0.29) is 5.41 Å². The van der Waals surface area contributed by atoms with E-state index in [4.69, 9.17) is 5.73 Å². The van der Waals surface area contributed by atoms with Crippen LogP contribution >= 0.6 is 0 Å². The summed E-state index contributed by atoms with van der Waals surface area (Å²) in [6.07, 6.45) is -0.955. The first kappa shape index (κ1) is 16.3. The van der Waals surface area contributed by atoms with Gasteiger partial charge in [0, 0.05) is 5.54 Å². The van der Waals surface area contributed by atoms with E-state index in [9.17, 15) is 13.2 Å². The summed E-state index contributed by atoms with van der Waals surface area (Å²) >= 11 is 0. The van der Waals surface area contributed by atoms with Crippen molar-refractivity contribution in [2.75, 3.05) is 0 Å². The highest BCUT2D eigenvalue weighted by Gasteiger charge is 2.40. The highest BCUT2D eigenvalue weighted by molar-refractivity contribution is 5.27. The predicted molar refractivity (Wildman–Crippen MR) is 78.9 cm³/mol. The second-order valence-electron chi connectivity index (χ2n) is 7.59. The summed E-state index contributed by atoms with van der Waals surface area (Å²) in [6, 6.07) is 5.57. The normalized spacial score (nSPS) is 29.4. The van der Waals surface area contributed by atoms with Crippen molar-refractivity contribution in [3.8, 4) is 0 Å². The van der Waals surface area contributed by atoms with E-state index in [1.54, 1.807) is 6.07 Å². The van der Waals surface area contributed by atoms with Crippen molar-refractivity contribution >= 4 is 0 Å². The summed E-state index contributed by atoms with van der Waals surface area (Å²) in [6.45, 7) is 6.56. The Morgan fingerprint density at radius 2 is 1.90 bits per heavy atom. The zero-order valence-corrected chi connectivity index (χ0v) is 12.9. The molecule has 1 aromatic rings. The molecule has 2 N–H and O–H groups in total. The molecule has 0 amide bonds. The second-order valence-corrected chi connectivity index (χ2v) is 7.59. The topological polar surface area (TPSA) is 26.0 Å². The molecule has 118 valence electrons. The Morgan fingerprint density at radius 1 is 1.24 bits per heavy atom. The Kier molecular flexibility index (Phi) is 4.13. The molecule has 21 heavy (non-hydrogen) atoms. The van der Waals surface area contributed by atoms with Crippen LogP contribution in [0, 0.1) is 11.3 Å². The fourth-order valence-corrected chi connectivity index (χ4v) is 4.21. The Labute approximate surface area is 124 Å². The number of halogens is 3. The number of alkyl halides is 3. The minimum Gasteiger partial charge on any atom is -0.325 e. The summed E-state index contributed by atoms with van der Waals surface area (Å²) in [7, 11) is 0. The largest absolute Gasteiger partial charge is 0.416 e. The van der Waals surface area contributed by atoms with Gasteiger partial charge in [-0.3, -0.25) is 0 Å². The van der Waals surface area contributed by atoms with Gasteiger partial charge in [-0.1, -0.05) is 39.0 Å². The van der Waals surface area contributed by atoms with Crippen LogP contribution in [0.25, 0.3) is 0 Å². The van der Waals surface area contributed by atoms with Gasteiger partial charge in [-0.15, -0.1) is 0 Å². The lowest BCUT2D eigenvalue weighted by Crippen LogP contribution is -2.50. The zero-order valence-electron chi connectivity index (χ0n) is 12.9. The minimum atomic E-state index is -4.29. The molecule has 1 aliphatic rings. The first-order valence-corrected chi connectivity index (χ1v) is 7.44. The maximum atomic E-state index is 12.8. The summed E-state index contributed by atoms with van der Waals surface area (Å²) in [5, 5.41) is 0. The summed E-state index contributed by atoms with van der Waals surface area (Å²) < 4.78 is 38.4. The highest BCUT2D eigenvalue weighted by Crippen LogP contribution is 2.44. The van der Waals surface area contributed by atoms with Crippen molar-refractivity contribution < 1.29 is 13.2 Å². The van der Waals surface area contributed by atoms with Gasteiger partial charge in [0.05, 0.1) is 5.56 Å². The van der Waals surface area contributed by atoms with Crippen molar-refractivity contribution in [1.82, 2.24) is 0 Å². The number of hydrogen-bond donors (Lipinski definition) is 1. The maximum absolute atomic E-state index is 12.8. The zero-order chi connectivity index (χ0) is 15.9. The lowest BCUT2D eigenvalue weighted by atomic mass is 9.63. The molecule has 1 nitrogen and oxygen atoms in total. The molecule has 1 aromatic carbocycles. The van der Waals surface area contributed by atoms with E-state index in [0.717, 1.165) is 25.3 Å². The fourth-order valence-electron chi connectivity index (χ4n) is 4.21.